The van der Waals surface area contributed by atoms with E-state index in [1.165, 1.54) is 0 Å². The van der Waals surface area contributed by atoms with E-state index in [2.05, 4.69) is 15.6 Å². The molecule has 6 nitrogen and oxygen atoms in total. The van der Waals surface area contributed by atoms with Gasteiger partial charge >= 0.3 is 0 Å². The molecule has 2 amide bonds. The van der Waals surface area contributed by atoms with E-state index in [0.717, 1.165) is 5.39 Å². The highest BCUT2D eigenvalue weighted by Crippen LogP contribution is 2.27. The topological polar surface area (TPSA) is 97.1 Å². The fraction of sp³-hybridized carbons (Fsp3) is 0.154. The third kappa shape index (κ3) is 3.23. The van der Waals surface area contributed by atoms with Gasteiger partial charge in [0.1, 0.15) is 0 Å². The number of fused-ring (bicyclic) bond motifs is 1. The second kappa shape index (κ2) is 6.31. The maximum Gasteiger partial charge on any atom is 0.243 e. The zero-order valence-corrected chi connectivity index (χ0v) is 11.3. The molecule has 0 unspecified atom stereocenters. The highest BCUT2D eigenvalue weighted by molar-refractivity contribution is 6.35. The van der Waals surface area contributed by atoms with E-state index in [1.54, 1.807) is 24.4 Å². The predicted molar refractivity (Wildman–Crippen MR) is 77.4 cm³/mol. The Morgan fingerprint density at radius 1 is 1.25 bits per heavy atom. The van der Waals surface area contributed by atoms with Crippen LogP contribution < -0.4 is 16.4 Å². The van der Waals surface area contributed by atoms with Crippen LogP contribution in [-0.2, 0) is 9.59 Å². The Bertz CT molecular complexity index is 660. The summed E-state index contributed by atoms with van der Waals surface area (Å²) in [6.45, 7) is -0.290. The third-order valence-corrected chi connectivity index (χ3v) is 2.93. The quantitative estimate of drug-likeness (QED) is 0.780. The number of carbonyl (C=O) groups excluding carboxylic acids is 2. The van der Waals surface area contributed by atoms with E-state index in [-0.39, 0.29) is 24.9 Å². The van der Waals surface area contributed by atoms with E-state index in [1.807, 2.05) is 6.07 Å². The van der Waals surface area contributed by atoms with Crippen LogP contribution in [0.15, 0.2) is 30.5 Å². The first kappa shape index (κ1) is 14.2. The van der Waals surface area contributed by atoms with Crippen molar-refractivity contribution in [2.75, 3.05) is 18.4 Å². The fourth-order valence-electron chi connectivity index (χ4n) is 1.69. The van der Waals surface area contributed by atoms with Gasteiger partial charge < -0.3 is 16.4 Å². The molecule has 0 aliphatic carbocycles. The minimum Gasteiger partial charge on any atom is -0.346 e. The van der Waals surface area contributed by atoms with Crippen molar-refractivity contribution in [1.29, 1.82) is 0 Å². The number of benzene rings is 1. The van der Waals surface area contributed by atoms with Gasteiger partial charge in [-0.05, 0) is 24.3 Å². The molecule has 1 aromatic carbocycles. The van der Waals surface area contributed by atoms with Gasteiger partial charge in [-0.1, -0.05) is 11.6 Å². The van der Waals surface area contributed by atoms with Gasteiger partial charge in [0.15, 0.2) is 0 Å². The second-order valence-electron chi connectivity index (χ2n) is 4.02. The van der Waals surface area contributed by atoms with Gasteiger partial charge in [-0.3, -0.25) is 14.6 Å². The SMILES string of the molecule is NCC(=O)NCC(=O)Nc1ccc(Cl)c2ncccc12. The third-order valence-electron chi connectivity index (χ3n) is 2.63. The van der Waals surface area contributed by atoms with Crippen LogP contribution >= 0.6 is 11.6 Å². The van der Waals surface area contributed by atoms with Crippen LogP contribution in [0.2, 0.25) is 5.02 Å². The molecule has 2 aromatic rings. The van der Waals surface area contributed by atoms with Crippen molar-refractivity contribution in [3.8, 4) is 0 Å². The Morgan fingerprint density at radius 2 is 2.05 bits per heavy atom. The Labute approximate surface area is 120 Å². The summed E-state index contributed by atoms with van der Waals surface area (Å²) in [5, 5.41) is 6.34. The van der Waals surface area contributed by atoms with Crippen molar-refractivity contribution in [2.45, 2.75) is 0 Å². The van der Waals surface area contributed by atoms with Crippen LogP contribution in [-0.4, -0.2) is 29.9 Å². The van der Waals surface area contributed by atoms with Gasteiger partial charge in [-0.2, -0.15) is 0 Å². The van der Waals surface area contributed by atoms with Crippen LogP contribution in [0.3, 0.4) is 0 Å². The molecule has 20 heavy (non-hydrogen) atoms. The summed E-state index contributed by atoms with van der Waals surface area (Å²) in [7, 11) is 0. The standard InChI is InChI=1S/C13H13ClN4O2/c14-9-3-4-10(8-2-1-5-16-13(8)9)18-12(20)7-17-11(19)6-15/h1-5H,6-7,15H2,(H,17,19)(H,18,20). The number of nitrogens with two attached hydrogens (primary N) is 1. The summed E-state index contributed by atoms with van der Waals surface area (Å²) >= 11 is 6.04. The fourth-order valence-corrected chi connectivity index (χ4v) is 1.91. The molecule has 104 valence electrons. The normalized spacial score (nSPS) is 10.3. The molecule has 0 aliphatic heterocycles. The summed E-state index contributed by atoms with van der Waals surface area (Å²) in [6.07, 6.45) is 1.63. The molecule has 4 N–H and O–H groups in total. The number of aromatic nitrogens is 1. The number of nitrogens with one attached hydrogen (secondary N) is 2. The number of rotatable bonds is 4. The summed E-state index contributed by atoms with van der Waals surface area (Å²) < 4.78 is 0. The molecular formula is C13H13ClN4O2. The number of carbonyl (C=O) groups is 2. The molecule has 0 spiro atoms. The first-order valence-electron chi connectivity index (χ1n) is 5.91. The van der Waals surface area contributed by atoms with Gasteiger partial charge in [0.05, 0.1) is 29.3 Å². The molecule has 0 fully saturated rings. The Hall–Kier alpha value is -2.18. The molecule has 1 aromatic heterocycles. The molecule has 0 bridgehead atoms. The molecule has 2 rings (SSSR count). The maximum atomic E-state index is 11.7. The molecule has 0 radical (unpaired) electrons. The summed E-state index contributed by atoms with van der Waals surface area (Å²) in [5.41, 5.74) is 6.33. The molecule has 0 atom stereocenters. The van der Waals surface area contributed by atoms with Crippen LogP contribution in [0, 0.1) is 0 Å². The van der Waals surface area contributed by atoms with Crippen LogP contribution in [0.4, 0.5) is 5.69 Å². The molecule has 1 heterocycles. The maximum absolute atomic E-state index is 11.7. The minimum atomic E-state index is -0.386. The number of hydrogen-bond acceptors (Lipinski definition) is 4. The van der Waals surface area contributed by atoms with E-state index < -0.39 is 0 Å². The van der Waals surface area contributed by atoms with Crippen molar-refractivity contribution in [3.63, 3.8) is 0 Å². The highest BCUT2D eigenvalue weighted by atomic mass is 35.5. The van der Waals surface area contributed by atoms with Gasteiger partial charge in [-0.15, -0.1) is 0 Å². The van der Waals surface area contributed by atoms with Crippen molar-refractivity contribution < 1.29 is 9.59 Å². The lowest BCUT2D eigenvalue weighted by molar-refractivity contribution is -0.123. The number of anilines is 1. The number of amides is 2. The molecule has 0 saturated carbocycles. The monoisotopic (exact) mass is 292 g/mol. The highest BCUT2D eigenvalue weighted by Gasteiger charge is 2.09. The smallest absolute Gasteiger partial charge is 0.243 e. The lowest BCUT2D eigenvalue weighted by atomic mass is 10.2. The molecular weight excluding hydrogens is 280 g/mol. The van der Waals surface area contributed by atoms with E-state index in [0.29, 0.717) is 16.2 Å². The van der Waals surface area contributed by atoms with E-state index in [9.17, 15) is 9.59 Å². The van der Waals surface area contributed by atoms with Gasteiger partial charge in [0.25, 0.3) is 0 Å². The lowest BCUT2D eigenvalue weighted by Gasteiger charge is -2.09. The van der Waals surface area contributed by atoms with Gasteiger partial charge in [0.2, 0.25) is 11.8 Å². The first-order valence-corrected chi connectivity index (χ1v) is 6.29. The van der Waals surface area contributed by atoms with Crippen LogP contribution in [0.5, 0.6) is 0 Å². The molecule has 0 aliphatic rings. The largest absolute Gasteiger partial charge is 0.346 e. The number of hydrogen-bond donors (Lipinski definition) is 3. The molecule has 0 saturated heterocycles. The van der Waals surface area contributed by atoms with Gasteiger partial charge in [0, 0.05) is 11.6 Å². The lowest BCUT2D eigenvalue weighted by Crippen LogP contribution is -2.36. The Kier molecular flexibility index (Phi) is 4.49. The average molecular weight is 293 g/mol. The number of pyridine rings is 1. The predicted octanol–water partition coefficient (Wildman–Crippen LogP) is 0.902. The zero-order valence-electron chi connectivity index (χ0n) is 10.5. The number of nitrogens with zero attached hydrogens (tertiary/aromatic N) is 1. The Morgan fingerprint density at radius 3 is 2.80 bits per heavy atom. The Balaban J connectivity index is 2.16. The average Bonchev–Trinajstić information content (AvgIpc) is 2.48. The van der Waals surface area contributed by atoms with Crippen LogP contribution in [0.1, 0.15) is 0 Å². The van der Waals surface area contributed by atoms with Crippen molar-refractivity contribution in [2.24, 2.45) is 5.73 Å². The van der Waals surface area contributed by atoms with E-state index in [4.69, 9.17) is 17.3 Å². The van der Waals surface area contributed by atoms with Crippen molar-refractivity contribution >= 4 is 40.0 Å². The summed E-state index contributed by atoms with van der Waals surface area (Å²) in [5.74, 6) is -0.734. The summed E-state index contributed by atoms with van der Waals surface area (Å²) in [4.78, 5) is 26.9. The number of halogens is 1. The van der Waals surface area contributed by atoms with Crippen LogP contribution in [0.25, 0.3) is 10.9 Å². The summed E-state index contributed by atoms with van der Waals surface area (Å²) in [6, 6.07) is 6.91. The van der Waals surface area contributed by atoms with Crippen molar-refractivity contribution in [1.82, 2.24) is 10.3 Å². The van der Waals surface area contributed by atoms with E-state index >= 15 is 0 Å². The first-order chi connectivity index (χ1) is 9.61. The minimum absolute atomic E-state index is 0.138. The van der Waals surface area contributed by atoms with Crippen molar-refractivity contribution in [3.05, 3.63) is 35.5 Å². The van der Waals surface area contributed by atoms with Gasteiger partial charge in [-0.25, -0.2) is 0 Å². The molecule has 7 heteroatoms. The second-order valence-corrected chi connectivity index (χ2v) is 4.43. The zero-order chi connectivity index (χ0) is 14.5.